The molecular weight excluding hydrogens is 148 g/mol. The highest BCUT2D eigenvalue weighted by Gasteiger charge is 1.97. The van der Waals surface area contributed by atoms with Gasteiger partial charge in [-0.05, 0) is 25.8 Å². The SMILES string of the molecule is CCC(N)CCCCCCCN. The van der Waals surface area contributed by atoms with E-state index >= 15 is 0 Å². The summed E-state index contributed by atoms with van der Waals surface area (Å²) in [6.45, 7) is 2.99. The first-order valence-electron chi connectivity index (χ1n) is 5.27. The summed E-state index contributed by atoms with van der Waals surface area (Å²) in [5, 5.41) is 0. The van der Waals surface area contributed by atoms with Crippen molar-refractivity contribution in [2.75, 3.05) is 6.54 Å². The summed E-state index contributed by atoms with van der Waals surface area (Å²) < 4.78 is 0. The van der Waals surface area contributed by atoms with Crippen LogP contribution < -0.4 is 11.5 Å². The lowest BCUT2D eigenvalue weighted by molar-refractivity contribution is 0.528. The molecule has 12 heavy (non-hydrogen) atoms. The summed E-state index contributed by atoms with van der Waals surface area (Å²) in [7, 11) is 0. The molecule has 1 unspecified atom stereocenters. The van der Waals surface area contributed by atoms with Gasteiger partial charge < -0.3 is 11.5 Å². The second-order valence-corrected chi connectivity index (χ2v) is 3.51. The van der Waals surface area contributed by atoms with Crippen LogP contribution in [0, 0.1) is 0 Å². The Morgan fingerprint density at radius 2 is 1.58 bits per heavy atom. The molecule has 0 rings (SSSR count). The van der Waals surface area contributed by atoms with Gasteiger partial charge in [-0.15, -0.1) is 0 Å². The van der Waals surface area contributed by atoms with Crippen LogP contribution in [0.25, 0.3) is 0 Å². The van der Waals surface area contributed by atoms with Gasteiger partial charge in [0.05, 0.1) is 0 Å². The maximum Gasteiger partial charge on any atom is 0.00362 e. The van der Waals surface area contributed by atoms with Gasteiger partial charge in [0.1, 0.15) is 0 Å². The number of unbranched alkanes of at least 4 members (excludes halogenated alkanes) is 4. The predicted octanol–water partition coefficient (Wildman–Crippen LogP) is 2.02. The van der Waals surface area contributed by atoms with Gasteiger partial charge in [-0.1, -0.05) is 32.6 Å². The van der Waals surface area contributed by atoms with Crippen molar-refractivity contribution in [3.8, 4) is 0 Å². The fourth-order valence-electron chi connectivity index (χ4n) is 1.29. The van der Waals surface area contributed by atoms with Gasteiger partial charge in [-0.25, -0.2) is 0 Å². The Kier molecular flexibility index (Phi) is 8.95. The Bertz CT molecular complexity index is 83.9. The molecule has 2 nitrogen and oxygen atoms in total. The van der Waals surface area contributed by atoms with E-state index in [-0.39, 0.29) is 0 Å². The molecule has 4 N–H and O–H groups in total. The second kappa shape index (κ2) is 9.01. The van der Waals surface area contributed by atoms with E-state index in [1.165, 1.54) is 38.5 Å². The lowest BCUT2D eigenvalue weighted by atomic mass is 10.1. The van der Waals surface area contributed by atoms with Gasteiger partial charge in [-0.3, -0.25) is 0 Å². The third kappa shape index (κ3) is 8.02. The molecule has 0 aliphatic heterocycles. The van der Waals surface area contributed by atoms with Crippen molar-refractivity contribution in [3.63, 3.8) is 0 Å². The van der Waals surface area contributed by atoms with E-state index in [0.717, 1.165) is 13.0 Å². The third-order valence-corrected chi connectivity index (χ3v) is 2.30. The topological polar surface area (TPSA) is 52.0 Å². The molecule has 2 heteroatoms. The summed E-state index contributed by atoms with van der Waals surface area (Å²) in [6, 6.07) is 0.430. The highest BCUT2D eigenvalue weighted by Crippen LogP contribution is 2.07. The van der Waals surface area contributed by atoms with E-state index in [1.807, 2.05) is 0 Å². The fraction of sp³-hybridized carbons (Fsp3) is 1.00. The first kappa shape index (κ1) is 11.9. The number of hydrogen-bond donors (Lipinski definition) is 2. The lowest BCUT2D eigenvalue weighted by Crippen LogP contribution is -2.17. The summed E-state index contributed by atoms with van der Waals surface area (Å²) in [5.74, 6) is 0. The lowest BCUT2D eigenvalue weighted by Gasteiger charge is -2.07. The molecular formula is C10H24N2. The molecule has 74 valence electrons. The molecule has 0 saturated heterocycles. The second-order valence-electron chi connectivity index (χ2n) is 3.51. The average Bonchev–Trinajstić information content (AvgIpc) is 2.10. The van der Waals surface area contributed by atoms with Gasteiger partial charge in [0.15, 0.2) is 0 Å². The van der Waals surface area contributed by atoms with Crippen LogP contribution >= 0.6 is 0 Å². The van der Waals surface area contributed by atoms with Gasteiger partial charge in [0.25, 0.3) is 0 Å². The normalized spacial score (nSPS) is 13.2. The number of nitrogens with two attached hydrogens (primary N) is 2. The van der Waals surface area contributed by atoms with Crippen molar-refractivity contribution >= 4 is 0 Å². The quantitative estimate of drug-likeness (QED) is 0.550. The fourth-order valence-corrected chi connectivity index (χ4v) is 1.29. The van der Waals surface area contributed by atoms with E-state index in [2.05, 4.69) is 6.92 Å². The third-order valence-electron chi connectivity index (χ3n) is 2.30. The minimum atomic E-state index is 0.430. The summed E-state index contributed by atoms with van der Waals surface area (Å²) in [4.78, 5) is 0. The van der Waals surface area contributed by atoms with Crippen LogP contribution in [0.15, 0.2) is 0 Å². The molecule has 0 heterocycles. The first-order valence-corrected chi connectivity index (χ1v) is 5.27. The zero-order valence-electron chi connectivity index (χ0n) is 8.39. The van der Waals surface area contributed by atoms with Crippen molar-refractivity contribution in [2.45, 2.75) is 57.9 Å². The zero-order chi connectivity index (χ0) is 9.23. The van der Waals surface area contributed by atoms with Crippen LogP contribution in [-0.4, -0.2) is 12.6 Å². The minimum absolute atomic E-state index is 0.430. The van der Waals surface area contributed by atoms with Gasteiger partial charge in [0, 0.05) is 6.04 Å². The Morgan fingerprint density at radius 1 is 1.00 bits per heavy atom. The van der Waals surface area contributed by atoms with E-state index in [9.17, 15) is 0 Å². The van der Waals surface area contributed by atoms with E-state index in [4.69, 9.17) is 11.5 Å². The molecule has 1 atom stereocenters. The molecule has 0 bridgehead atoms. The standard InChI is InChI=1S/C10H24N2/c1-2-10(12)8-6-4-3-5-7-9-11/h10H,2-9,11-12H2,1H3. The van der Waals surface area contributed by atoms with E-state index in [1.54, 1.807) is 0 Å². The molecule has 0 fully saturated rings. The van der Waals surface area contributed by atoms with Gasteiger partial charge in [0.2, 0.25) is 0 Å². The molecule has 0 aliphatic carbocycles. The van der Waals surface area contributed by atoms with Crippen molar-refractivity contribution in [2.24, 2.45) is 11.5 Å². The maximum atomic E-state index is 5.79. The predicted molar refractivity (Wildman–Crippen MR) is 55.0 cm³/mol. The summed E-state index contributed by atoms with van der Waals surface area (Å²) >= 11 is 0. The van der Waals surface area contributed by atoms with Crippen LogP contribution in [0.1, 0.15) is 51.9 Å². The zero-order valence-corrected chi connectivity index (χ0v) is 8.39. The molecule has 0 aromatic carbocycles. The average molecular weight is 172 g/mol. The molecule has 0 saturated carbocycles. The van der Waals surface area contributed by atoms with E-state index in [0.29, 0.717) is 6.04 Å². The van der Waals surface area contributed by atoms with Crippen molar-refractivity contribution in [1.82, 2.24) is 0 Å². The highest BCUT2D eigenvalue weighted by molar-refractivity contribution is 4.57. The molecule has 0 spiro atoms. The summed E-state index contributed by atoms with van der Waals surface area (Å²) in [5.41, 5.74) is 11.2. The van der Waals surface area contributed by atoms with Crippen LogP contribution in [0.5, 0.6) is 0 Å². The monoisotopic (exact) mass is 172 g/mol. The Hall–Kier alpha value is -0.0800. The van der Waals surface area contributed by atoms with Crippen LogP contribution in [0.4, 0.5) is 0 Å². The maximum absolute atomic E-state index is 5.79. The minimum Gasteiger partial charge on any atom is -0.330 e. The largest absolute Gasteiger partial charge is 0.330 e. The smallest absolute Gasteiger partial charge is 0.00362 e. The Labute approximate surface area is 76.7 Å². The van der Waals surface area contributed by atoms with Crippen molar-refractivity contribution in [3.05, 3.63) is 0 Å². The molecule has 0 aromatic heterocycles. The van der Waals surface area contributed by atoms with Gasteiger partial charge in [-0.2, -0.15) is 0 Å². The number of hydrogen-bond acceptors (Lipinski definition) is 2. The molecule has 0 amide bonds. The molecule has 0 radical (unpaired) electrons. The van der Waals surface area contributed by atoms with Crippen molar-refractivity contribution in [1.29, 1.82) is 0 Å². The Balaban J connectivity index is 2.90. The van der Waals surface area contributed by atoms with Crippen molar-refractivity contribution < 1.29 is 0 Å². The summed E-state index contributed by atoms with van der Waals surface area (Å²) in [6.07, 6.45) is 8.72. The van der Waals surface area contributed by atoms with Gasteiger partial charge >= 0.3 is 0 Å². The number of rotatable bonds is 8. The van der Waals surface area contributed by atoms with Crippen LogP contribution in [0.3, 0.4) is 0 Å². The van der Waals surface area contributed by atoms with E-state index < -0.39 is 0 Å². The van der Waals surface area contributed by atoms with Crippen LogP contribution in [-0.2, 0) is 0 Å². The highest BCUT2D eigenvalue weighted by atomic mass is 14.6. The molecule has 0 aromatic rings. The Morgan fingerprint density at radius 3 is 2.17 bits per heavy atom. The van der Waals surface area contributed by atoms with Crippen LogP contribution in [0.2, 0.25) is 0 Å². The molecule has 0 aliphatic rings. The first-order chi connectivity index (χ1) is 5.81.